The fraction of sp³-hybridized carbons (Fsp3) is 0.214. The molecule has 5 heteroatoms. The summed E-state index contributed by atoms with van der Waals surface area (Å²) in [5, 5.41) is 1.01. The Morgan fingerprint density at radius 2 is 1.79 bits per heavy atom. The number of ether oxygens (including phenoxy) is 1. The summed E-state index contributed by atoms with van der Waals surface area (Å²) in [4.78, 5) is 20.3. The lowest BCUT2D eigenvalue weighted by atomic mass is 9.88. The fourth-order valence-corrected chi connectivity index (χ4v) is 4.56. The zero-order chi connectivity index (χ0) is 22.8. The molecule has 0 spiro atoms. The molecule has 2 heterocycles. The van der Waals surface area contributed by atoms with Crippen molar-refractivity contribution in [3.8, 4) is 11.1 Å². The monoisotopic (exact) mass is 437 g/mol. The molecule has 0 saturated carbocycles. The van der Waals surface area contributed by atoms with Gasteiger partial charge in [-0.15, -0.1) is 0 Å². The third-order valence-electron chi connectivity index (χ3n) is 6.28. The van der Waals surface area contributed by atoms with Crippen LogP contribution in [0.5, 0.6) is 0 Å². The molecule has 4 aromatic rings. The van der Waals surface area contributed by atoms with E-state index in [-0.39, 0.29) is 5.78 Å². The van der Waals surface area contributed by atoms with E-state index in [1.165, 1.54) is 0 Å². The Balaban J connectivity index is 1.64. The van der Waals surface area contributed by atoms with Crippen LogP contribution in [0, 0.1) is 0 Å². The molecule has 5 rings (SSSR count). The number of nitrogens with zero attached hydrogens (tertiary/aromatic N) is 2. The Bertz CT molecular complexity index is 1310. The van der Waals surface area contributed by atoms with Gasteiger partial charge in [-0.3, -0.25) is 4.79 Å². The molecule has 0 aliphatic carbocycles. The molecule has 0 amide bonds. The smallest absolute Gasteiger partial charge is 0.193 e. The van der Waals surface area contributed by atoms with Crippen LogP contribution in [0.15, 0.2) is 72.8 Å². The first-order valence-corrected chi connectivity index (χ1v) is 11.4. The number of anilines is 2. The minimum absolute atomic E-state index is 0.0328. The maximum atomic E-state index is 13.4. The van der Waals surface area contributed by atoms with Crippen LogP contribution >= 0.6 is 0 Å². The number of carbonyl (C=O) groups excluding carboxylic acids is 1. The molecule has 0 atom stereocenters. The van der Waals surface area contributed by atoms with E-state index in [2.05, 4.69) is 35.0 Å². The lowest BCUT2D eigenvalue weighted by Crippen LogP contribution is -2.36. The van der Waals surface area contributed by atoms with Crippen molar-refractivity contribution in [1.82, 2.24) is 4.98 Å². The Morgan fingerprint density at radius 3 is 2.55 bits per heavy atom. The second-order valence-electron chi connectivity index (χ2n) is 8.29. The van der Waals surface area contributed by atoms with E-state index in [4.69, 9.17) is 10.5 Å². The number of nitrogens with two attached hydrogens (primary N) is 1. The van der Waals surface area contributed by atoms with Crippen molar-refractivity contribution in [2.45, 2.75) is 13.3 Å². The first-order valence-electron chi connectivity index (χ1n) is 11.4. The van der Waals surface area contributed by atoms with Crippen LogP contribution in [0.4, 0.5) is 11.5 Å². The predicted molar refractivity (Wildman–Crippen MR) is 134 cm³/mol. The number of nitrogen functional groups attached to an aromatic ring is 1. The van der Waals surface area contributed by atoms with Gasteiger partial charge < -0.3 is 15.4 Å². The number of ketones is 1. The highest BCUT2D eigenvalue weighted by atomic mass is 16.5. The van der Waals surface area contributed by atoms with Crippen LogP contribution in [-0.4, -0.2) is 37.1 Å². The summed E-state index contributed by atoms with van der Waals surface area (Å²) < 4.78 is 5.49. The summed E-state index contributed by atoms with van der Waals surface area (Å²) in [5.74, 6) is 0.566. The van der Waals surface area contributed by atoms with Gasteiger partial charge in [-0.2, -0.15) is 0 Å². The van der Waals surface area contributed by atoms with Crippen LogP contribution in [-0.2, 0) is 11.2 Å². The molecule has 1 aromatic heterocycles. The van der Waals surface area contributed by atoms with Crippen molar-refractivity contribution in [2.24, 2.45) is 0 Å². The standard InChI is InChI=1S/C28H27N3O2/c1-2-19-9-6-10-23(27(32)20-7-4-3-5-8-20)26(19)21-11-12-24-22(17-21)18-25(28(29)30-24)31-13-15-33-16-14-31/h3-12,17-18H,2,13-16H2,1H3,(H2,29,30). The van der Waals surface area contributed by atoms with Gasteiger partial charge in [0.05, 0.1) is 24.4 Å². The summed E-state index contributed by atoms with van der Waals surface area (Å²) in [5.41, 5.74) is 12.6. The topological polar surface area (TPSA) is 68.5 Å². The molecule has 166 valence electrons. The van der Waals surface area contributed by atoms with Crippen molar-refractivity contribution in [1.29, 1.82) is 0 Å². The van der Waals surface area contributed by atoms with Gasteiger partial charge in [0.2, 0.25) is 0 Å². The lowest BCUT2D eigenvalue weighted by Gasteiger charge is -2.29. The molecule has 3 aromatic carbocycles. The average Bonchev–Trinajstić information content (AvgIpc) is 2.88. The number of morpholine rings is 1. The number of hydrogen-bond donors (Lipinski definition) is 1. The Hall–Kier alpha value is -3.70. The molecule has 0 unspecified atom stereocenters. The zero-order valence-electron chi connectivity index (χ0n) is 18.8. The summed E-state index contributed by atoms with van der Waals surface area (Å²) in [7, 11) is 0. The molecule has 1 fully saturated rings. The molecule has 2 N–H and O–H groups in total. The van der Waals surface area contributed by atoms with Gasteiger partial charge in [0.15, 0.2) is 5.78 Å². The molecule has 1 aliphatic heterocycles. The third-order valence-corrected chi connectivity index (χ3v) is 6.28. The average molecular weight is 438 g/mol. The van der Waals surface area contributed by atoms with Crippen molar-refractivity contribution < 1.29 is 9.53 Å². The number of fused-ring (bicyclic) bond motifs is 1. The number of carbonyl (C=O) groups is 1. The van der Waals surface area contributed by atoms with Gasteiger partial charge >= 0.3 is 0 Å². The molecule has 0 radical (unpaired) electrons. The Labute approximate surface area is 193 Å². The Morgan fingerprint density at radius 1 is 1.00 bits per heavy atom. The number of aromatic nitrogens is 1. The van der Waals surface area contributed by atoms with Gasteiger partial charge in [-0.05, 0) is 41.3 Å². The van der Waals surface area contributed by atoms with Gasteiger partial charge in [-0.1, -0.05) is 61.5 Å². The fourth-order valence-electron chi connectivity index (χ4n) is 4.56. The number of pyridine rings is 1. The van der Waals surface area contributed by atoms with E-state index in [0.717, 1.165) is 58.4 Å². The van der Waals surface area contributed by atoms with Crippen molar-refractivity contribution in [2.75, 3.05) is 36.9 Å². The highest BCUT2D eigenvalue weighted by molar-refractivity contribution is 6.13. The van der Waals surface area contributed by atoms with E-state index in [0.29, 0.717) is 24.6 Å². The van der Waals surface area contributed by atoms with Crippen LogP contribution in [0.3, 0.4) is 0 Å². The first-order chi connectivity index (χ1) is 16.2. The minimum atomic E-state index is 0.0328. The van der Waals surface area contributed by atoms with E-state index in [1.807, 2.05) is 54.6 Å². The van der Waals surface area contributed by atoms with Gasteiger partial charge in [0.25, 0.3) is 0 Å². The molecule has 0 bridgehead atoms. The summed E-state index contributed by atoms with van der Waals surface area (Å²) >= 11 is 0. The highest BCUT2D eigenvalue weighted by Gasteiger charge is 2.19. The SMILES string of the molecule is CCc1cccc(C(=O)c2ccccc2)c1-c1ccc2nc(N)c(N3CCOCC3)cc2c1. The van der Waals surface area contributed by atoms with E-state index in [1.54, 1.807) is 0 Å². The van der Waals surface area contributed by atoms with E-state index < -0.39 is 0 Å². The van der Waals surface area contributed by atoms with Gasteiger partial charge in [0, 0.05) is 29.6 Å². The molecule has 1 saturated heterocycles. The maximum absolute atomic E-state index is 13.4. The Kier molecular flexibility index (Phi) is 5.80. The van der Waals surface area contributed by atoms with Crippen LogP contribution in [0.2, 0.25) is 0 Å². The summed E-state index contributed by atoms with van der Waals surface area (Å²) in [6, 6.07) is 23.7. The number of aryl methyl sites for hydroxylation is 1. The molecule has 5 nitrogen and oxygen atoms in total. The molecular formula is C28H27N3O2. The highest BCUT2D eigenvalue weighted by Crippen LogP contribution is 2.34. The molecule has 1 aliphatic rings. The number of rotatable bonds is 5. The minimum Gasteiger partial charge on any atom is -0.382 e. The zero-order valence-corrected chi connectivity index (χ0v) is 18.8. The summed E-state index contributed by atoms with van der Waals surface area (Å²) in [6.45, 7) is 5.09. The first kappa shape index (κ1) is 21.2. The predicted octanol–water partition coefficient (Wildman–Crippen LogP) is 5.11. The number of hydrogen-bond acceptors (Lipinski definition) is 5. The van der Waals surface area contributed by atoms with E-state index in [9.17, 15) is 4.79 Å². The lowest BCUT2D eigenvalue weighted by molar-refractivity contribution is 0.103. The van der Waals surface area contributed by atoms with Gasteiger partial charge in [0.1, 0.15) is 5.82 Å². The van der Waals surface area contributed by atoms with Crippen molar-refractivity contribution in [3.05, 3.63) is 89.5 Å². The van der Waals surface area contributed by atoms with Crippen LogP contribution in [0.1, 0.15) is 28.4 Å². The third kappa shape index (κ3) is 4.08. The normalized spacial score (nSPS) is 13.9. The maximum Gasteiger partial charge on any atom is 0.193 e. The quantitative estimate of drug-likeness (QED) is 0.439. The second-order valence-corrected chi connectivity index (χ2v) is 8.29. The van der Waals surface area contributed by atoms with Crippen LogP contribution in [0.25, 0.3) is 22.0 Å². The van der Waals surface area contributed by atoms with Gasteiger partial charge in [-0.25, -0.2) is 4.98 Å². The van der Waals surface area contributed by atoms with Crippen LogP contribution < -0.4 is 10.6 Å². The second kappa shape index (κ2) is 9.04. The number of benzene rings is 3. The van der Waals surface area contributed by atoms with Crippen molar-refractivity contribution >= 4 is 28.2 Å². The summed E-state index contributed by atoms with van der Waals surface area (Å²) in [6.07, 6.45) is 0.836. The van der Waals surface area contributed by atoms with Crippen molar-refractivity contribution in [3.63, 3.8) is 0 Å². The molecule has 33 heavy (non-hydrogen) atoms. The van der Waals surface area contributed by atoms with E-state index >= 15 is 0 Å². The largest absolute Gasteiger partial charge is 0.382 e. The molecular weight excluding hydrogens is 410 g/mol.